The van der Waals surface area contributed by atoms with Gasteiger partial charge in [0.2, 0.25) is 5.24 Å². The maximum Gasteiger partial charge on any atom is 0.230 e. The molecule has 0 aliphatic heterocycles. The molecular formula is C7H8Cl2O2. The third-order valence-corrected chi connectivity index (χ3v) is 2.61. The molecule has 4 heteroatoms. The van der Waals surface area contributed by atoms with E-state index >= 15 is 0 Å². The van der Waals surface area contributed by atoms with Gasteiger partial charge in [-0.25, -0.2) is 0 Å². The third kappa shape index (κ3) is 1.43. The van der Waals surface area contributed by atoms with E-state index in [0.717, 1.165) is 0 Å². The molecule has 1 rings (SSSR count). The number of carbonyl (C=O) groups is 1. The Morgan fingerprint density at radius 1 is 1.91 bits per heavy atom. The number of hydrogen-bond donors (Lipinski definition) is 0. The highest BCUT2D eigenvalue weighted by atomic mass is 35.5. The van der Waals surface area contributed by atoms with Gasteiger partial charge in [0.05, 0.1) is 23.9 Å². The van der Waals surface area contributed by atoms with E-state index in [4.69, 9.17) is 23.5 Å². The first kappa shape index (κ1) is 9.04. The second kappa shape index (κ2) is 3.13. The van der Waals surface area contributed by atoms with Crippen molar-refractivity contribution in [3.05, 3.63) is 12.7 Å². The molecule has 1 aliphatic rings. The van der Waals surface area contributed by atoms with Crippen LogP contribution < -0.4 is 0 Å². The van der Waals surface area contributed by atoms with Crippen molar-refractivity contribution >= 4 is 28.7 Å². The molecule has 0 aromatic rings. The van der Waals surface area contributed by atoms with Crippen LogP contribution in [0.3, 0.4) is 0 Å². The Labute approximate surface area is 75.3 Å². The van der Waals surface area contributed by atoms with Gasteiger partial charge in [-0.3, -0.25) is 9.08 Å². The molecule has 0 radical (unpaired) electrons. The number of hydrogen-bond acceptors (Lipinski definition) is 2. The van der Waals surface area contributed by atoms with Crippen LogP contribution in [0.2, 0.25) is 0 Å². The average molecular weight is 195 g/mol. The lowest BCUT2D eigenvalue weighted by molar-refractivity contribution is -0.117. The predicted octanol–water partition coefficient (Wildman–Crippen LogP) is 2.11. The lowest BCUT2D eigenvalue weighted by atomic mass is 10.1. The molecule has 0 spiro atoms. The molecule has 2 nitrogen and oxygen atoms in total. The summed E-state index contributed by atoms with van der Waals surface area (Å²) in [5.41, 5.74) is -0.578. The second-order valence-electron chi connectivity index (χ2n) is 2.73. The molecule has 0 heterocycles. The minimum absolute atomic E-state index is 0.131. The van der Waals surface area contributed by atoms with E-state index in [1.807, 2.05) is 0 Å². The van der Waals surface area contributed by atoms with E-state index in [1.54, 1.807) is 6.08 Å². The Kier molecular flexibility index (Phi) is 2.58. The van der Waals surface area contributed by atoms with Crippen LogP contribution >= 0.6 is 23.5 Å². The van der Waals surface area contributed by atoms with Crippen molar-refractivity contribution in [1.82, 2.24) is 0 Å². The van der Waals surface area contributed by atoms with Gasteiger partial charge in [-0.1, -0.05) is 6.08 Å². The van der Waals surface area contributed by atoms with E-state index in [2.05, 4.69) is 10.9 Å². The lowest BCUT2D eigenvalue weighted by Crippen LogP contribution is -2.17. The zero-order valence-corrected chi connectivity index (χ0v) is 7.36. The first-order valence-electron chi connectivity index (χ1n) is 3.23. The molecule has 1 aliphatic carbocycles. The Bertz CT molecular complexity index is 193. The molecule has 0 aromatic heterocycles. The Balaban J connectivity index is 2.62. The van der Waals surface area contributed by atoms with Gasteiger partial charge in [-0.2, -0.15) is 0 Å². The predicted molar refractivity (Wildman–Crippen MR) is 43.4 cm³/mol. The highest BCUT2D eigenvalue weighted by Crippen LogP contribution is 2.55. The third-order valence-electron chi connectivity index (χ3n) is 2.12. The Hall–Kier alpha value is -0.0500. The number of halogens is 2. The molecule has 0 bridgehead atoms. The van der Waals surface area contributed by atoms with E-state index in [1.165, 1.54) is 0 Å². The lowest BCUT2D eigenvalue weighted by Gasteiger charge is -2.06. The summed E-state index contributed by atoms with van der Waals surface area (Å²) in [6.07, 6.45) is 2.40. The van der Waals surface area contributed by atoms with E-state index in [-0.39, 0.29) is 17.8 Å². The molecule has 11 heavy (non-hydrogen) atoms. The summed E-state index contributed by atoms with van der Waals surface area (Å²) in [6.45, 7) is 3.75. The quantitative estimate of drug-likeness (QED) is 0.507. The smallest absolute Gasteiger partial charge is 0.230 e. The van der Waals surface area contributed by atoms with Crippen LogP contribution in [0.4, 0.5) is 0 Å². The van der Waals surface area contributed by atoms with Gasteiger partial charge in [-0.05, 0) is 23.9 Å². The van der Waals surface area contributed by atoms with Gasteiger partial charge in [0, 0.05) is 0 Å². The van der Waals surface area contributed by atoms with Crippen molar-refractivity contribution in [1.29, 1.82) is 0 Å². The number of rotatable bonds is 4. The van der Waals surface area contributed by atoms with E-state index in [0.29, 0.717) is 6.42 Å². The summed E-state index contributed by atoms with van der Waals surface area (Å²) >= 11 is 10.4. The zero-order chi connectivity index (χ0) is 8.48. The molecule has 0 saturated heterocycles. The fourth-order valence-corrected chi connectivity index (χ4v) is 1.66. The maximum atomic E-state index is 10.9. The van der Waals surface area contributed by atoms with Crippen LogP contribution in [0.15, 0.2) is 12.7 Å². The van der Waals surface area contributed by atoms with Crippen LogP contribution in [-0.2, 0) is 9.08 Å². The summed E-state index contributed by atoms with van der Waals surface area (Å²) in [4.78, 5) is 10.9. The molecule has 62 valence electrons. The normalized spacial score (nSPS) is 34.9. The molecule has 0 amide bonds. The van der Waals surface area contributed by atoms with Gasteiger partial charge in [0.25, 0.3) is 0 Å². The van der Waals surface area contributed by atoms with Crippen molar-refractivity contribution in [3.63, 3.8) is 0 Å². The van der Waals surface area contributed by atoms with Crippen molar-refractivity contribution in [3.8, 4) is 0 Å². The molecular weight excluding hydrogens is 187 g/mol. The first-order chi connectivity index (χ1) is 5.17. The van der Waals surface area contributed by atoms with Crippen LogP contribution in [-0.4, -0.2) is 11.8 Å². The minimum atomic E-state index is -0.578. The van der Waals surface area contributed by atoms with E-state index < -0.39 is 5.41 Å². The van der Waals surface area contributed by atoms with Crippen molar-refractivity contribution < 1.29 is 9.08 Å². The van der Waals surface area contributed by atoms with Gasteiger partial charge >= 0.3 is 0 Å². The molecule has 0 N–H and O–H groups in total. The fourth-order valence-electron chi connectivity index (χ4n) is 1.19. The van der Waals surface area contributed by atoms with Gasteiger partial charge < -0.3 is 0 Å². The van der Waals surface area contributed by atoms with Crippen molar-refractivity contribution in [2.45, 2.75) is 6.42 Å². The number of carbonyl (C=O) groups excluding carboxylic acids is 1. The Morgan fingerprint density at radius 2 is 2.55 bits per heavy atom. The number of allylic oxidation sites excluding steroid dienone is 1. The second-order valence-corrected chi connectivity index (χ2v) is 3.29. The highest BCUT2D eigenvalue weighted by molar-refractivity contribution is 6.65. The molecule has 1 saturated carbocycles. The molecule has 0 aromatic carbocycles. The minimum Gasteiger partial charge on any atom is -0.281 e. The first-order valence-corrected chi connectivity index (χ1v) is 3.92. The zero-order valence-electron chi connectivity index (χ0n) is 5.85. The SMILES string of the molecule is C=CC1CC1(COCl)C(=O)Cl. The van der Waals surface area contributed by atoms with Gasteiger partial charge in [0.15, 0.2) is 0 Å². The molecule has 1 fully saturated rings. The van der Waals surface area contributed by atoms with Crippen molar-refractivity contribution in [2.75, 3.05) is 6.61 Å². The summed E-state index contributed by atoms with van der Waals surface area (Å²) in [7, 11) is 0. The topological polar surface area (TPSA) is 26.3 Å². The Morgan fingerprint density at radius 3 is 2.82 bits per heavy atom. The largest absolute Gasteiger partial charge is 0.281 e. The summed E-state index contributed by atoms with van der Waals surface area (Å²) < 4.78 is 4.38. The fraction of sp³-hybridized carbons (Fsp3) is 0.571. The summed E-state index contributed by atoms with van der Waals surface area (Å²) in [5, 5.41) is -0.386. The van der Waals surface area contributed by atoms with Gasteiger partial charge in [0.1, 0.15) is 0 Å². The standard InChI is InChI=1S/C7H8Cl2O2/c1-2-5-3-7(5,4-11-9)6(8)10/h2,5H,1,3-4H2. The highest BCUT2D eigenvalue weighted by Gasteiger charge is 2.58. The summed E-state index contributed by atoms with van der Waals surface area (Å²) in [6, 6.07) is 0. The summed E-state index contributed by atoms with van der Waals surface area (Å²) in [5.74, 6) is 0.131. The average Bonchev–Trinajstić information content (AvgIpc) is 2.65. The van der Waals surface area contributed by atoms with Gasteiger partial charge in [-0.15, -0.1) is 6.58 Å². The van der Waals surface area contributed by atoms with Crippen LogP contribution in [0.25, 0.3) is 0 Å². The van der Waals surface area contributed by atoms with Crippen LogP contribution in [0, 0.1) is 11.3 Å². The van der Waals surface area contributed by atoms with Crippen LogP contribution in [0.1, 0.15) is 6.42 Å². The molecule has 2 atom stereocenters. The van der Waals surface area contributed by atoms with Crippen LogP contribution in [0.5, 0.6) is 0 Å². The van der Waals surface area contributed by atoms with E-state index in [9.17, 15) is 4.79 Å². The maximum absolute atomic E-state index is 10.9. The molecule has 2 unspecified atom stereocenters. The monoisotopic (exact) mass is 194 g/mol. The van der Waals surface area contributed by atoms with Crippen molar-refractivity contribution in [2.24, 2.45) is 11.3 Å².